The van der Waals surface area contributed by atoms with Crippen LogP contribution in [0, 0.1) is 10.1 Å². The Morgan fingerprint density at radius 1 is 1.39 bits per heavy atom. The fourth-order valence-corrected chi connectivity index (χ4v) is 2.77. The highest BCUT2D eigenvalue weighted by Gasteiger charge is 2.23. The van der Waals surface area contributed by atoms with Crippen LogP contribution in [0.25, 0.3) is 0 Å². The van der Waals surface area contributed by atoms with E-state index in [0.717, 1.165) is 18.5 Å². The summed E-state index contributed by atoms with van der Waals surface area (Å²) in [5.74, 6) is 0. The first kappa shape index (κ1) is 13.0. The molecular weight excluding hydrogens is 228 g/mol. The van der Waals surface area contributed by atoms with Gasteiger partial charge in [-0.05, 0) is 25.8 Å². The summed E-state index contributed by atoms with van der Waals surface area (Å²) in [5.41, 5.74) is 1.08. The van der Waals surface area contributed by atoms with Gasteiger partial charge in [-0.1, -0.05) is 31.5 Å². The Labute approximate surface area is 108 Å². The summed E-state index contributed by atoms with van der Waals surface area (Å²) in [4.78, 5) is 13.1. The van der Waals surface area contributed by atoms with Gasteiger partial charge in [-0.15, -0.1) is 0 Å². The Balaban J connectivity index is 2.15. The van der Waals surface area contributed by atoms with Crippen LogP contribution in [0.15, 0.2) is 24.3 Å². The number of nitro groups is 1. The summed E-state index contributed by atoms with van der Waals surface area (Å²) < 4.78 is 0. The van der Waals surface area contributed by atoms with E-state index < -0.39 is 0 Å². The molecule has 1 aromatic carbocycles. The van der Waals surface area contributed by atoms with E-state index in [-0.39, 0.29) is 10.6 Å². The Morgan fingerprint density at radius 3 is 2.89 bits per heavy atom. The summed E-state index contributed by atoms with van der Waals surface area (Å²) in [6.45, 7) is 3.96. The first-order valence-corrected chi connectivity index (χ1v) is 6.68. The molecule has 4 nitrogen and oxygen atoms in total. The zero-order valence-corrected chi connectivity index (χ0v) is 10.8. The normalized spacial score (nSPS) is 20.8. The number of likely N-dealkylation sites (tertiary alicyclic amines) is 1. The molecule has 0 radical (unpaired) electrons. The van der Waals surface area contributed by atoms with E-state index in [1.807, 2.05) is 12.1 Å². The van der Waals surface area contributed by atoms with Gasteiger partial charge in [0.05, 0.1) is 4.92 Å². The molecular formula is C14H20N2O2. The summed E-state index contributed by atoms with van der Waals surface area (Å²) in [6.07, 6.45) is 4.83. The highest BCUT2D eigenvalue weighted by Crippen LogP contribution is 2.25. The number of rotatable bonds is 4. The minimum Gasteiger partial charge on any atom is -0.296 e. The first-order valence-electron chi connectivity index (χ1n) is 6.68. The van der Waals surface area contributed by atoms with Crippen molar-refractivity contribution in [1.82, 2.24) is 4.90 Å². The molecule has 0 saturated carbocycles. The van der Waals surface area contributed by atoms with Crippen LogP contribution in [0.1, 0.15) is 38.2 Å². The number of nitro benzene ring substituents is 1. The fraction of sp³-hybridized carbons (Fsp3) is 0.571. The van der Waals surface area contributed by atoms with Gasteiger partial charge in [0.25, 0.3) is 5.69 Å². The first-order chi connectivity index (χ1) is 8.72. The predicted octanol–water partition coefficient (Wildman–Crippen LogP) is 3.36. The Bertz CT molecular complexity index is 420. The maximum absolute atomic E-state index is 11.0. The summed E-state index contributed by atoms with van der Waals surface area (Å²) in [5, 5.41) is 11.0. The quantitative estimate of drug-likeness (QED) is 0.606. The number of piperidine rings is 1. The van der Waals surface area contributed by atoms with Gasteiger partial charge in [0.2, 0.25) is 0 Å². The number of hydrogen-bond donors (Lipinski definition) is 0. The lowest BCUT2D eigenvalue weighted by Gasteiger charge is -2.35. The van der Waals surface area contributed by atoms with Crippen molar-refractivity contribution in [3.63, 3.8) is 0 Å². The standard InChI is InChI=1S/C14H20N2O2/c1-2-13-8-5-6-10-15(13)11-12-7-3-4-9-14(12)16(17)18/h3-4,7,9,13H,2,5-6,8,10-11H2,1H3. The number of nitrogens with zero attached hydrogens (tertiary/aromatic N) is 2. The van der Waals surface area contributed by atoms with Crippen molar-refractivity contribution in [2.75, 3.05) is 6.54 Å². The maximum atomic E-state index is 11.0. The number of para-hydroxylation sites is 1. The molecule has 0 amide bonds. The minimum absolute atomic E-state index is 0.248. The van der Waals surface area contributed by atoms with Gasteiger partial charge in [-0.25, -0.2) is 0 Å². The number of benzene rings is 1. The van der Waals surface area contributed by atoms with Crippen molar-refractivity contribution in [2.45, 2.75) is 45.2 Å². The summed E-state index contributed by atoms with van der Waals surface area (Å²) >= 11 is 0. The highest BCUT2D eigenvalue weighted by atomic mass is 16.6. The van der Waals surface area contributed by atoms with Gasteiger partial charge in [-0.2, -0.15) is 0 Å². The van der Waals surface area contributed by atoms with Gasteiger partial charge in [0, 0.05) is 24.2 Å². The molecule has 1 unspecified atom stereocenters. The van der Waals surface area contributed by atoms with Crippen molar-refractivity contribution in [2.24, 2.45) is 0 Å². The van der Waals surface area contributed by atoms with Gasteiger partial charge in [-0.3, -0.25) is 15.0 Å². The molecule has 0 aliphatic carbocycles. The maximum Gasteiger partial charge on any atom is 0.273 e. The van der Waals surface area contributed by atoms with Crippen LogP contribution in [0.5, 0.6) is 0 Å². The molecule has 1 aromatic rings. The van der Waals surface area contributed by atoms with Crippen LogP contribution >= 0.6 is 0 Å². The molecule has 1 fully saturated rings. The van der Waals surface area contributed by atoms with Crippen molar-refractivity contribution < 1.29 is 4.92 Å². The van der Waals surface area contributed by atoms with Gasteiger partial charge in [0.15, 0.2) is 0 Å². The minimum atomic E-state index is -0.278. The molecule has 4 heteroatoms. The molecule has 1 aliphatic rings. The lowest BCUT2D eigenvalue weighted by Crippen LogP contribution is -2.38. The van der Waals surface area contributed by atoms with Crippen LogP contribution in [-0.2, 0) is 6.54 Å². The molecule has 1 aliphatic heterocycles. The molecule has 0 N–H and O–H groups in total. The molecule has 1 saturated heterocycles. The molecule has 98 valence electrons. The van der Waals surface area contributed by atoms with Crippen LogP contribution < -0.4 is 0 Å². The van der Waals surface area contributed by atoms with E-state index in [2.05, 4.69) is 11.8 Å². The van der Waals surface area contributed by atoms with E-state index in [4.69, 9.17) is 0 Å². The Hall–Kier alpha value is -1.42. The molecule has 18 heavy (non-hydrogen) atoms. The SMILES string of the molecule is CCC1CCCCN1Cc1ccccc1[N+](=O)[O-]. The number of hydrogen-bond acceptors (Lipinski definition) is 3. The monoisotopic (exact) mass is 248 g/mol. The second-order valence-corrected chi connectivity index (χ2v) is 4.91. The Morgan fingerprint density at radius 2 is 2.17 bits per heavy atom. The van der Waals surface area contributed by atoms with E-state index in [1.54, 1.807) is 12.1 Å². The topological polar surface area (TPSA) is 46.4 Å². The Kier molecular flexibility index (Phi) is 4.31. The molecule has 0 spiro atoms. The second-order valence-electron chi connectivity index (χ2n) is 4.91. The summed E-state index contributed by atoms with van der Waals surface area (Å²) in [6, 6.07) is 7.67. The average molecular weight is 248 g/mol. The smallest absolute Gasteiger partial charge is 0.273 e. The molecule has 1 atom stereocenters. The predicted molar refractivity (Wildman–Crippen MR) is 71.4 cm³/mol. The summed E-state index contributed by atoms with van der Waals surface area (Å²) in [7, 11) is 0. The zero-order valence-electron chi connectivity index (χ0n) is 10.8. The second kappa shape index (κ2) is 5.96. The van der Waals surface area contributed by atoms with E-state index >= 15 is 0 Å². The fourth-order valence-electron chi connectivity index (χ4n) is 2.77. The molecule has 1 heterocycles. The van der Waals surface area contributed by atoms with E-state index in [0.29, 0.717) is 12.6 Å². The van der Waals surface area contributed by atoms with Crippen LogP contribution in [-0.4, -0.2) is 22.4 Å². The third kappa shape index (κ3) is 2.88. The molecule has 2 rings (SSSR count). The van der Waals surface area contributed by atoms with Crippen LogP contribution in [0.2, 0.25) is 0 Å². The largest absolute Gasteiger partial charge is 0.296 e. The van der Waals surface area contributed by atoms with Crippen molar-refractivity contribution in [3.05, 3.63) is 39.9 Å². The van der Waals surface area contributed by atoms with Gasteiger partial charge >= 0.3 is 0 Å². The zero-order chi connectivity index (χ0) is 13.0. The highest BCUT2D eigenvalue weighted by molar-refractivity contribution is 5.39. The molecule has 0 aromatic heterocycles. The lowest BCUT2D eigenvalue weighted by atomic mass is 9.99. The van der Waals surface area contributed by atoms with E-state index in [9.17, 15) is 10.1 Å². The third-order valence-electron chi connectivity index (χ3n) is 3.78. The van der Waals surface area contributed by atoms with Gasteiger partial charge in [0.1, 0.15) is 0 Å². The third-order valence-corrected chi connectivity index (χ3v) is 3.78. The van der Waals surface area contributed by atoms with Crippen LogP contribution in [0.3, 0.4) is 0 Å². The molecule has 0 bridgehead atoms. The van der Waals surface area contributed by atoms with Crippen molar-refractivity contribution >= 4 is 5.69 Å². The van der Waals surface area contributed by atoms with Gasteiger partial charge < -0.3 is 0 Å². The van der Waals surface area contributed by atoms with Crippen molar-refractivity contribution in [1.29, 1.82) is 0 Å². The van der Waals surface area contributed by atoms with Crippen molar-refractivity contribution in [3.8, 4) is 0 Å². The van der Waals surface area contributed by atoms with Crippen LogP contribution in [0.4, 0.5) is 5.69 Å². The lowest BCUT2D eigenvalue weighted by molar-refractivity contribution is -0.385. The average Bonchev–Trinajstić information content (AvgIpc) is 2.40. The van der Waals surface area contributed by atoms with E-state index in [1.165, 1.54) is 19.3 Å².